The minimum atomic E-state index is -0.998. The molecule has 0 aromatic carbocycles. The van der Waals surface area contributed by atoms with Crippen molar-refractivity contribution in [2.45, 2.75) is 31.3 Å². The number of cyclic esters (lactones) is 1. The summed E-state index contributed by atoms with van der Waals surface area (Å²) in [6.45, 7) is 1.32. The molecule has 0 saturated carbocycles. The molecule has 0 aromatic heterocycles. The second-order valence-electron chi connectivity index (χ2n) is 4.23. The van der Waals surface area contributed by atoms with Gasteiger partial charge in [0.05, 0.1) is 0 Å². The van der Waals surface area contributed by atoms with Gasteiger partial charge in [0, 0.05) is 12.6 Å². The summed E-state index contributed by atoms with van der Waals surface area (Å²) in [7, 11) is 0. The van der Waals surface area contributed by atoms with E-state index >= 15 is 0 Å². The fraction of sp³-hybridized carbons (Fsp3) is 0.800. The number of rotatable bonds is 3. The largest absolute Gasteiger partial charge is 0.480 e. The Bertz CT molecular complexity index is 289. The van der Waals surface area contributed by atoms with Crippen molar-refractivity contribution in [2.75, 3.05) is 19.7 Å². The standard InChI is InChI=1S/C10H16N2O4/c13-9(14)8-6-16-10(15)12(8)5-7-3-1-2-4-11-7/h7-8,11H,1-6H2,(H,13,14). The quantitative estimate of drug-likeness (QED) is 0.712. The van der Waals surface area contributed by atoms with E-state index in [1.54, 1.807) is 0 Å². The molecule has 2 aliphatic rings. The van der Waals surface area contributed by atoms with E-state index < -0.39 is 18.1 Å². The van der Waals surface area contributed by atoms with Crippen molar-refractivity contribution in [1.82, 2.24) is 10.2 Å². The number of nitrogens with zero attached hydrogens (tertiary/aromatic N) is 1. The summed E-state index contributed by atoms with van der Waals surface area (Å²) >= 11 is 0. The lowest BCUT2D eigenvalue weighted by atomic mass is 10.0. The van der Waals surface area contributed by atoms with Crippen LogP contribution >= 0.6 is 0 Å². The van der Waals surface area contributed by atoms with E-state index in [0.717, 1.165) is 25.8 Å². The average Bonchev–Trinajstić information content (AvgIpc) is 2.62. The Morgan fingerprint density at radius 1 is 1.56 bits per heavy atom. The molecule has 90 valence electrons. The molecular weight excluding hydrogens is 212 g/mol. The van der Waals surface area contributed by atoms with Crippen LogP contribution in [0.25, 0.3) is 0 Å². The van der Waals surface area contributed by atoms with Crippen LogP contribution in [-0.2, 0) is 9.53 Å². The van der Waals surface area contributed by atoms with Gasteiger partial charge in [0.2, 0.25) is 0 Å². The highest BCUT2D eigenvalue weighted by molar-refractivity contribution is 5.82. The molecule has 1 amide bonds. The minimum absolute atomic E-state index is 0.0408. The Morgan fingerprint density at radius 3 is 3.00 bits per heavy atom. The summed E-state index contributed by atoms with van der Waals surface area (Å²) in [6.07, 6.45) is 2.73. The molecule has 0 aromatic rings. The SMILES string of the molecule is O=C(O)C1COC(=O)N1CC1CCCCN1. The number of hydrogen-bond acceptors (Lipinski definition) is 4. The first-order chi connectivity index (χ1) is 7.68. The van der Waals surface area contributed by atoms with Gasteiger partial charge < -0.3 is 15.2 Å². The number of piperidine rings is 1. The lowest BCUT2D eigenvalue weighted by molar-refractivity contribution is -0.141. The van der Waals surface area contributed by atoms with Gasteiger partial charge in [0.15, 0.2) is 6.04 Å². The van der Waals surface area contributed by atoms with Crippen molar-refractivity contribution in [3.8, 4) is 0 Å². The third-order valence-corrected chi connectivity index (χ3v) is 3.09. The summed E-state index contributed by atoms with van der Waals surface area (Å²) in [4.78, 5) is 23.6. The van der Waals surface area contributed by atoms with Crippen LogP contribution in [0.5, 0.6) is 0 Å². The zero-order chi connectivity index (χ0) is 11.5. The Hall–Kier alpha value is -1.30. The van der Waals surface area contributed by atoms with Gasteiger partial charge in [-0.2, -0.15) is 0 Å². The van der Waals surface area contributed by atoms with Crippen molar-refractivity contribution in [2.24, 2.45) is 0 Å². The van der Waals surface area contributed by atoms with Gasteiger partial charge in [0.25, 0.3) is 0 Å². The van der Waals surface area contributed by atoms with Gasteiger partial charge in [-0.25, -0.2) is 9.59 Å². The number of aliphatic carboxylic acids is 1. The number of nitrogens with one attached hydrogen (secondary N) is 1. The number of ether oxygens (including phenoxy) is 1. The number of hydrogen-bond donors (Lipinski definition) is 2. The van der Waals surface area contributed by atoms with E-state index in [9.17, 15) is 9.59 Å². The number of carboxylic acids is 1. The summed E-state index contributed by atoms with van der Waals surface area (Å²) in [5, 5.41) is 12.2. The van der Waals surface area contributed by atoms with Crippen molar-refractivity contribution < 1.29 is 19.4 Å². The van der Waals surface area contributed by atoms with Gasteiger partial charge in [-0.05, 0) is 19.4 Å². The Kier molecular flexibility index (Phi) is 3.28. The first-order valence-corrected chi connectivity index (χ1v) is 5.58. The maximum atomic E-state index is 11.4. The number of carboxylic acid groups (broad SMARTS) is 1. The number of amides is 1. The maximum absolute atomic E-state index is 11.4. The molecule has 2 N–H and O–H groups in total. The fourth-order valence-electron chi connectivity index (χ4n) is 2.17. The molecule has 6 heteroatoms. The van der Waals surface area contributed by atoms with E-state index in [4.69, 9.17) is 9.84 Å². The molecule has 2 fully saturated rings. The van der Waals surface area contributed by atoms with E-state index in [0.29, 0.717) is 6.54 Å². The molecule has 6 nitrogen and oxygen atoms in total. The van der Waals surface area contributed by atoms with Crippen molar-refractivity contribution >= 4 is 12.1 Å². The summed E-state index contributed by atoms with van der Waals surface area (Å²) in [6, 6.07) is -0.627. The zero-order valence-electron chi connectivity index (χ0n) is 9.02. The van der Waals surface area contributed by atoms with E-state index in [-0.39, 0.29) is 12.6 Å². The van der Waals surface area contributed by atoms with Crippen molar-refractivity contribution in [3.63, 3.8) is 0 Å². The van der Waals surface area contributed by atoms with Gasteiger partial charge in [0.1, 0.15) is 6.61 Å². The molecule has 2 rings (SSSR count). The second kappa shape index (κ2) is 4.69. The first-order valence-electron chi connectivity index (χ1n) is 5.58. The monoisotopic (exact) mass is 228 g/mol. The summed E-state index contributed by atoms with van der Waals surface area (Å²) in [5.74, 6) is -0.998. The molecule has 2 saturated heterocycles. The highest BCUT2D eigenvalue weighted by atomic mass is 16.6. The fourth-order valence-corrected chi connectivity index (χ4v) is 2.17. The van der Waals surface area contributed by atoms with Crippen LogP contribution in [-0.4, -0.2) is 53.8 Å². The molecule has 0 radical (unpaired) electrons. The minimum Gasteiger partial charge on any atom is -0.480 e. The number of carbonyl (C=O) groups excluding carboxylic acids is 1. The van der Waals surface area contributed by atoms with Gasteiger partial charge in [-0.15, -0.1) is 0 Å². The second-order valence-corrected chi connectivity index (χ2v) is 4.23. The molecule has 2 atom stereocenters. The van der Waals surface area contributed by atoms with Crippen LogP contribution in [0.4, 0.5) is 4.79 Å². The van der Waals surface area contributed by atoms with Crippen LogP contribution in [0.15, 0.2) is 0 Å². The third-order valence-electron chi connectivity index (χ3n) is 3.09. The Balaban J connectivity index is 1.95. The topological polar surface area (TPSA) is 78.9 Å². The average molecular weight is 228 g/mol. The first kappa shape index (κ1) is 11.2. The number of carbonyl (C=O) groups is 2. The molecule has 2 heterocycles. The van der Waals surface area contributed by atoms with Gasteiger partial charge in [-0.1, -0.05) is 6.42 Å². The van der Waals surface area contributed by atoms with E-state index in [1.165, 1.54) is 4.90 Å². The molecule has 0 spiro atoms. The predicted octanol–water partition coefficient (Wildman–Crippen LogP) is 0.0339. The van der Waals surface area contributed by atoms with Crippen LogP contribution in [0, 0.1) is 0 Å². The lowest BCUT2D eigenvalue weighted by Crippen LogP contribution is -2.48. The van der Waals surface area contributed by atoms with Crippen LogP contribution in [0.2, 0.25) is 0 Å². The predicted molar refractivity (Wildman–Crippen MR) is 55.1 cm³/mol. The highest BCUT2D eigenvalue weighted by Gasteiger charge is 2.39. The van der Waals surface area contributed by atoms with Crippen LogP contribution in [0.1, 0.15) is 19.3 Å². The lowest BCUT2D eigenvalue weighted by Gasteiger charge is -2.28. The summed E-state index contributed by atoms with van der Waals surface area (Å²) < 4.78 is 4.76. The third kappa shape index (κ3) is 2.27. The van der Waals surface area contributed by atoms with E-state index in [2.05, 4.69) is 5.32 Å². The molecule has 0 bridgehead atoms. The molecule has 0 aliphatic carbocycles. The molecule has 2 aliphatic heterocycles. The van der Waals surface area contributed by atoms with E-state index in [1.807, 2.05) is 0 Å². The maximum Gasteiger partial charge on any atom is 0.410 e. The molecular formula is C10H16N2O4. The van der Waals surface area contributed by atoms with Crippen molar-refractivity contribution in [1.29, 1.82) is 0 Å². The zero-order valence-corrected chi connectivity index (χ0v) is 9.02. The van der Waals surface area contributed by atoms with Crippen LogP contribution < -0.4 is 5.32 Å². The van der Waals surface area contributed by atoms with Crippen LogP contribution in [0.3, 0.4) is 0 Å². The molecule has 16 heavy (non-hydrogen) atoms. The van der Waals surface area contributed by atoms with Crippen molar-refractivity contribution in [3.05, 3.63) is 0 Å². The van der Waals surface area contributed by atoms with Gasteiger partial charge >= 0.3 is 12.1 Å². The Labute approximate surface area is 93.6 Å². The van der Waals surface area contributed by atoms with Gasteiger partial charge in [-0.3, -0.25) is 4.90 Å². The normalized spacial score (nSPS) is 30.2. The summed E-state index contributed by atoms with van der Waals surface area (Å²) in [5.41, 5.74) is 0. The smallest absolute Gasteiger partial charge is 0.410 e. The Morgan fingerprint density at radius 2 is 2.38 bits per heavy atom. The molecule has 2 unspecified atom stereocenters. The highest BCUT2D eigenvalue weighted by Crippen LogP contribution is 2.16.